The monoisotopic (exact) mass is 326 g/mol. The molecule has 0 radical (unpaired) electrons. The molecule has 1 heterocycles. The van der Waals surface area contributed by atoms with Crippen LogP contribution in [0.2, 0.25) is 0 Å². The summed E-state index contributed by atoms with van der Waals surface area (Å²) in [5, 5.41) is 3.32. The van der Waals surface area contributed by atoms with Crippen molar-refractivity contribution >= 4 is 5.84 Å². The van der Waals surface area contributed by atoms with Gasteiger partial charge >= 0.3 is 0 Å². The van der Waals surface area contributed by atoms with Gasteiger partial charge in [-0.15, -0.1) is 0 Å². The Morgan fingerprint density at radius 2 is 1.79 bits per heavy atom. The van der Waals surface area contributed by atoms with Gasteiger partial charge in [0.15, 0.2) is 17.6 Å². The Balaban J connectivity index is 1.87. The van der Waals surface area contributed by atoms with Gasteiger partial charge in [-0.05, 0) is 17.7 Å². The molecule has 1 aliphatic rings. The van der Waals surface area contributed by atoms with E-state index in [4.69, 9.17) is 14.2 Å². The van der Waals surface area contributed by atoms with Gasteiger partial charge < -0.3 is 19.5 Å². The first-order valence-electron chi connectivity index (χ1n) is 8.01. The lowest BCUT2D eigenvalue weighted by atomic mass is 10.1. The SMILES string of the molecule is COc1cccc(OC(Cc2ccccc2)C2=NCCN2)c1OC. The first-order chi connectivity index (χ1) is 11.8. The molecule has 0 fully saturated rings. The Morgan fingerprint density at radius 3 is 2.46 bits per heavy atom. The molecule has 0 aliphatic carbocycles. The zero-order valence-electron chi connectivity index (χ0n) is 14.0. The number of amidine groups is 1. The number of methoxy groups -OCH3 is 2. The van der Waals surface area contributed by atoms with E-state index in [1.54, 1.807) is 14.2 Å². The highest BCUT2D eigenvalue weighted by Crippen LogP contribution is 2.37. The summed E-state index contributed by atoms with van der Waals surface area (Å²) in [7, 11) is 3.23. The molecular formula is C19H22N2O3. The van der Waals surface area contributed by atoms with Crippen LogP contribution in [-0.2, 0) is 6.42 Å². The molecule has 0 amide bonds. The van der Waals surface area contributed by atoms with Gasteiger partial charge in [-0.25, -0.2) is 0 Å². The van der Waals surface area contributed by atoms with E-state index in [1.807, 2.05) is 36.4 Å². The summed E-state index contributed by atoms with van der Waals surface area (Å²) in [5.41, 5.74) is 1.20. The van der Waals surface area contributed by atoms with Crippen LogP contribution < -0.4 is 19.5 Å². The highest BCUT2D eigenvalue weighted by atomic mass is 16.5. The van der Waals surface area contributed by atoms with E-state index in [9.17, 15) is 0 Å². The van der Waals surface area contributed by atoms with Crippen LogP contribution in [0.3, 0.4) is 0 Å². The number of nitrogens with one attached hydrogen (secondary N) is 1. The van der Waals surface area contributed by atoms with Crippen LogP contribution in [0.25, 0.3) is 0 Å². The number of hydrogen-bond acceptors (Lipinski definition) is 5. The highest BCUT2D eigenvalue weighted by Gasteiger charge is 2.23. The largest absolute Gasteiger partial charge is 0.493 e. The van der Waals surface area contributed by atoms with E-state index in [0.29, 0.717) is 17.2 Å². The number of para-hydroxylation sites is 1. The van der Waals surface area contributed by atoms with Crippen LogP contribution in [0.15, 0.2) is 53.5 Å². The summed E-state index contributed by atoms with van der Waals surface area (Å²) >= 11 is 0. The third-order valence-electron chi connectivity index (χ3n) is 3.91. The maximum atomic E-state index is 6.27. The molecule has 1 unspecified atom stereocenters. The molecule has 0 bridgehead atoms. The van der Waals surface area contributed by atoms with Gasteiger partial charge in [-0.3, -0.25) is 4.99 Å². The summed E-state index contributed by atoms with van der Waals surface area (Å²) in [6.45, 7) is 1.62. The van der Waals surface area contributed by atoms with Crippen LogP contribution in [0.1, 0.15) is 5.56 Å². The molecule has 0 saturated heterocycles. The average molecular weight is 326 g/mol. The van der Waals surface area contributed by atoms with E-state index >= 15 is 0 Å². The summed E-state index contributed by atoms with van der Waals surface area (Å²) in [6, 6.07) is 15.9. The number of aliphatic imine (C=N–C) groups is 1. The van der Waals surface area contributed by atoms with Crippen molar-refractivity contribution in [3.8, 4) is 17.2 Å². The van der Waals surface area contributed by atoms with Crippen LogP contribution >= 0.6 is 0 Å². The minimum absolute atomic E-state index is 0.198. The molecule has 5 nitrogen and oxygen atoms in total. The molecule has 2 aromatic rings. The third-order valence-corrected chi connectivity index (χ3v) is 3.91. The summed E-state index contributed by atoms with van der Waals surface area (Å²) in [6.07, 6.45) is 0.531. The van der Waals surface area contributed by atoms with Gasteiger partial charge in [0.25, 0.3) is 0 Å². The van der Waals surface area contributed by atoms with Gasteiger partial charge in [-0.1, -0.05) is 36.4 Å². The lowest BCUT2D eigenvalue weighted by molar-refractivity contribution is 0.245. The quantitative estimate of drug-likeness (QED) is 0.850. The second-order valence-corrected chi connectivity index (χ2v) is 5.48. The molecule has 1 aliphatic heterocycles. The van der Waals surface area contributed by atoms with Gasteiger partial charge in [0.1, 0.15) is 5.84 Å². The first-order valence-corrected chi connectivity index (χ1v) is 8.01. The standard InChI is InChI=1S/C19H22N2O3/c1-22-15-9-6-10-16(18(15)23-2)24-17(19-20-11-12-21-19)13-14-7-4-3-5-8-14/h3-10,17H,11-13H2,1-2H3,(H,20,21). The molecule has 1 atom stereocenters. The summed E-state index contributed by atoms with van der Waals surface area (Å²) in [5.74, 6) is 2.77. The third kappa shape index (κ3) is 3.62. The molecule has 1 N–H and O–H groups in total. The van der Waals surface area contributed by atoms with Crippen molar-refractivity contribution in [2.75, 3.05) is 27.3 Å². The zero-order valence-corrected chi connectivity index (χ0v) is 14.0. The fourth-order valence-electron chi connectivity index (χ4n) is 2.76. The maximum Gasteiger partial charge on any atom is 0.203 e. The van der Waals surface area contributed by atoms with Gasteiger partial charge in [0, 0.05) is 13.0 Å². The van der Waals surface area contributed by atoms with Gasteiger partial charge in [-0.2, -0.15) is 0 Å². The fraction of sp³-hybridized carbons (Fsp3) is 0.316. The van der Waals surface area contributed by atoms with E-state index in [0.717, 1.165) is 25.3 Å². The van der Waals surface area contributed by atoms with Crippen molar-refractivity contribution < 1.29 is 14.2 Å². The number of nitrogens with zero attached hydrogens (tertiary/aromatic N) is 1. The van der Waals surface area contributed by atoms with Crippen LogP contribution in [0, 0.1) is 0 Å². The molecule has 24 heavy (non-hydrogen) atoms. The van der Waals surface area contributed by atoms with Crippen LogP contribution in [0.5, 0.6) is 17.2 Å². The highest BCUT2D eigenvalue weighted by molar-refractivity contribution is 5.88. The minimum Gasteiger partial charge on any atom is -0.493 e. The molecule has 5 heteroatoms. The second kappa shape index (κ2) is 7.73. The van der Waals surface area contributed by atoms with Gasteiger partial charge in [0.2, 0.25) is 5.75 Å². The van der Waals surface area contributed by atoms with Crippen molar-refractivity contribution in [3.05, 3.63) is 54.1 Å². The predicted octanol–water partition coefficient (Wildman–Crippen LogP) is 2.70. The smallest absolute Gasteiger partial charge is 0.203 e. The minimum atomic E-state index is -0.198. The number of hydrogen-bond donors (Lipinski definition) is 1. The van der Waals surface area contributed by atoms with Crippen molar-refractivity contribution in [2.24, 2.45) is 4.99 Å². The van der Waals surface area contributed by atoms with Crippen molar-refractivity contribution in [2.45, 2.75) is 12.5 Å². The Morgan fingerprint density at radius 1 is 1.00 bits per heavy atom. The van der Waals surface area contributed by atoms with Crippen LogP contribution in [-0.4, -0.2) is 39.2 Å². The predicted molar refractivity (Wildman–Crippen MR) is 94.4 cm³/mol. The molecule has 2 aromatic carbocycles. The van der Waals surface area contributed by atoms with Crippen molar-refractivity contribution in [3.63, 3.8) is 0 Å². The Labute approximate surface area is 142 Å². The van der Waals surface area contributed by atoms with E-state index < -0.39 is 0 Å². The fourth-order valence-corrected chi connectivity index (χ4v) is 2.76. The van der Waals surface area contributed by atoms with E-state index in [1.165, 1.54) is 5.56 Å². The molecule has 0 saturated carbocycles. The van der Waals surface area contributed by atoms with Crippen molar-refractivity contribution in [1.29, 1.82) is 0 Å². The molecular weight excluding hydrogens is 304 g/mol. The lowest BCUT2D eigenvalue weighted by Gasteiger charge is -2.22. The van der Waals surface area contributed by atoms with Gasteiger partial charge in [0.05, 0.1) is 20.8 Å². The Hall–Kier alpha value is -2.69. The summed E-state index contributed by atoms with van der Waals surface area (Å²) < 4.78 is 17.1. The van der Waals surface area contributed by atoms with E-state index in [-0.39, 0.29) is 6.10 Å². The van der Waals surface area contributed by atoms with E-state index in [2.05, 4.69) is 22.4 Å². The molecule has 0 aromatic heterocycles. The molecule has 3 rings (SSSR count). The van der Waals surface area contributed by atoms with Crippen molar-refractivity contribution in [1.82, 2.24) is 5.32 Å². The number of benzene rings is 2. The number of rotatable bonds is 7. The topological polar surface area (TPSA) is 52.1 Å². The molecule has 0 spiro atoms. The zero-order chi connectivity index (χ0) is 16.8. The second-order valence-electron chi connectivity index (χ2n) is 5.48. The van der Waals surface area contributed by atoms with Crippen LogP contribution in [0.4, 0.5) is 0 Å². The maximum absolute atomic E-state index is 6.27. The Kier molecular flexibility index (Phi) is 5.21. The normalized spacial score (nSPS) is 14.5. The Bertz CT molecular complexity index is 701. The molecule has 126 valence electrons. The summed E-state index contributed by atoms with van der Waals surface area (Å²) in [4.78, 5) is 4.53. The first kappa shape index (κ1) is 16.2. The lowest BCUT2D eigenvalue weighted by Crippen LogP contribution is -2.37. The number of ether oxygens (including phenoxy) is 3. The average Bonchev–Trinajstić information content (AvgIpc) is 3.16.